The van der Waals surface area contributed by atoms with Crippen LogP contribution in [0.3, 0.4) is 0 Å². The molecule has 1 aromatic rings. The van der Waals surface area contributed by atoms with E-state index < -0.39 is 18.4 Å². The number of hydrogen-bond acceptors (Lipinski definition) is 4. The van der Waals surface area contributed by atoms with Gasteiger partial charge in [0.05, 0.1) is 12.7 Å². The number of alkyl carbamates (subject to hydrolysis) is 1. The van der Waals surface area contributed by atoms with Crippen LogP contribution in [0.4, 0.5) is 9.18 Å². The Morgan fingerprint density at radius 3 is 2.59 bits per heavy atom. The molecular weight excluding hydrogens is 373 g/mol. The number of carbonyl (C=O) groups excluding carboxylic acids is 2. The van der Waals surface area contributed by atoms with Crippen LogP contribution in [-0.4, -0.2) is 36.9 Å². The lowest BCUT2D eigenvalue weighted by molar-refractivity contribution is -0.123. The minimum absolute atomic E-state index is 0.111. The molecule has 1 aromatic carbocycles. The lowest BCUT2D eigenvalue weighted by Gasteiger charge is -2.20. The molecule has 6 nitrogen and oxygen atoms in total. The van der Waals surface area contributed by atoms with Crippen LogP contribution in [0.1, 0.15) is 38.3 Å². The zero-order valence-corrected chi connectivity index (χ0v) is 16.7. The lowest BCUT2D eigenvalue weighted by atomic mass is 10.1. The minimum Gasteiger partial charge on any atom is -0.444 e. The van der Waals surface area contributed by atoms with Gasteiger partial charge < -0.3 is 20.7 Å². The third-order valence-corrected chi connectivity index (χ3v) is 4.44. The van der Waals surface area contributed by atoms with Gasteiger partial charge in [0.2, 0.25) is 5.91 Å². The minimum atomic E-state index is -0.577. The second-order valence-corrected chi connectivity index (χ2v) is 8.14. The second kappa shape index (κ2) is 9.37. The number of ether oxygens (including phenoxy) is 1. The molecule has 0 spiro atoms. The Bertz CT molecular complexity index is 679. The standard InChI is InChI=1S/C19H27ClFN3O3/c1-19(2,3)27-18(26)24-10-13-4-5-15(20)7-14(13)11-23-17(25)16-6-12(8-21)9-22-16/h4-5,7,12,16,22H,6,8-11H2,1-3H3,(H,23,25)(H,24,26)/t12-,16+/m1/s1. The third-order valence-electron chi connectivity index (χ3n) is 4.20. The van der Waals surface area contributed by atoms with E-state index in [1.807, 2.05) is 0 Å². The van der Waals surface area contributed by atoms with Gasteiger partial charge in [0.25, 0.3) is 0 Å². The van der Waals surface area contributed by atoms with Crippen molar-refractivity contribution in [2.24, 2.45) is 5.92 Å². The fraction of sp³-hybridized carbons (Fsp3) is 0.579. The van der Waals surface area contributed by atoms with Crippen LogP contribution in [0.25, 0.3) is 0 Å². The van der Waals surface area contributed by atoms with Crippen molar-refractivity contribution in [1.82, 2.24) is 16.0 Å². The highest BCUT2D eigenvalue weighted by Gasteiger charge is 2.29. The lowest BCUT2D eigenvalue weighted by Crippen LogP contribution is -2.40. The first kappa shape index (κ1) is 21.4. The van der Waals surface area contributed by atoms with Crippen LogP contribution in [0.5, 0.6) is 0 Å². The van der Waals surface area contributed by atoms with Crippen LogP contribution in [0.15, 0.2) is 18.2 Å². The normalized spacial score (nSPS) is 19.6. The van der Waals surface area contributed by atoms with Gasteiger partial charge in [-0.3, -0.25) is 9.18 Å². The Hall–Kier alpha value is -1.86. The van der Waals surface area contributed by atoms with Gasteiger partial charge >= 0.3 is 6.09 Å². The van der Waals surface area contributed by atoms with E-state index in [-0.39, 0.29) is 31.0 Å². The highest BCUT2D eigenvalue weighted by Crippen LogP contribution is 2.18. The molecule has 150 valence electrons. The Morgan fingerprint density at radius 2 is 1.96 bits per heavy atom. The highest BCUT2D eigenvalue weighted by atomic mass is 35.5. The summed E-state index contributed by atoms with van der Waals surface area (Å²) in [5, 5.41) is 9.12. The molecule has 0 saturated carbocycles. The molecule has 0 radical (unpaired) electrons. The van der Waals surface area contributed by atoms with E-state index in [1.54, 1.807) is 39.0 Å². The molecule has 2 rings (SSSR count). The monoisotopic (exact) mass is 399 g/mol. The van der Waals surface area contributed by atoms with Crippen molar-refractivity contribution in [3.05, 3.63) is 34.3 Å². The van der Waals surface area contributed by atoms with Gasteiger partial charge in [-0.15, -0.1) is 0 Å². The Labute approximate surface area is 164 Å². The van der Waals surface area contributed by atoms with Gasteiger partial charge in [-0.25, -0.2) is 4.79 Å². The van der Waals surface area contributed by atoms with Crippen molar-refractivity contribution < 1.29 is 18.7 Å². The summed E-state index contributed by atoms with van der Waals surface area (Å²) in [6, 6.07) is 4.89. The maximum Gasteiger partial charge on any atom is 0.407 e. The quantitative estimate of drug-likeness (QED) is 0.687. The van der Waals surface area contributed by atoms with Crippen LogP contribution >= 0.6 is 11.6 Å². The van der Waals surface area contributed by atoms with E-state index in [9.17, 15) is 14.0 Å². The van der Waals surface area contributed by atoms with Crippen LogP contribution in [0, 0.1) is 5.92 Å². The molecule has 0 unspecified atom stereocenters. The number of hydrogen-bond donors (Lipinski definition) is 3. The van der Waals surface area contributed by atoms with Crippen molar-refractivity contribution in [2.45, 2.75) is 51.9 Å². The van der Waals surface area contributed by atoms with Crippen molar-refractivity contribution in [3.63, 3.8) is 0 Å². The van der Waals surface area contributed by atoms with E-state index >= 15 is 0 Å². The maximum atomic E-state index is 12.7. The fourth-order valence-electron chi connectivity index (χ4n) is 2.84. The van der Waals surface area contributed by atoms with Crippen LogP contribution in [-0.2, 0) is 22.6 Å². The Morgan fingerprint density at radius 1 is 1.26 bits per heavy atom. The topological polar surface area (TPSA) is 79.5 Å². The first-order valence-corrected chi connectivity index (χ1v) is 9.37. The van der Waals surface area contributed by atoms with Gasteiger partial charge in [-0.2, -0.15) is 0 Å². The number of carbonyl (C=O) groups is 2. The molecule has 1 aliphatic heterocycles. The van der Waals surface area contributed by atoms with Gasteiger partial charge in [0.15, 0.2) is 0 Å². The molecule has 0 aromatic heterocycles. The van der Waals surface area contributed by atoms with Gasteiger partial charge in [-0.05, 0) is 50.5 Å². The highest BCUT2D eigenvalue weighted by molar-refractivity contribution is 6.30. The molecular formula is C19H27ClFN3O3. The van der Waals surface area contributed by atoms with Gasteiger partial charge in [0, 0.05) is 30.6 Å². The smallest absolute Gasteiger partial charge is 0.407 e. The summed E-state index contributed by atoms with van der Waals surface area (Å²) in [5.74, 6) is -0.280. The zero-order chi connectivity index (χ0) is 20.0. The molecule has 1 aliphatic rings. The fourth-order valence-corrected chi connectivity index (χ4v) is 3.04. The Balaban J connectivity index is 1.93. The molecule has 1 fully saturated rings. The SMILES string of the molecule is CC(C)(C)OC(=O)NCc1ccc(Cl)cc1CNC(=O)[C@@H]1C[C@H](CF)CN1. The molecule has 8 heteroatoms. The second-order valence-electron chi connectivity index (χ2n) is 7.70. The van der Waals surface area contributed by atoms with E-state index in [4.69, 9.17) is 16.3 Å². The van der Waals surface area contributed by atoms with E-state index in [0.29, 0.717) is 18.0 Å². The van der Waals surface area contributed by atoms with Crippen LogP contribution < -0.4 is 16.0 Å². The predicted octanol–water partition coefficient (Wildman–Crippen LogP) is 2.93. The number of amides is 2. The number of nitrogens with one attached hydrogen (secondary N) is 3. The zero-order valence-electron chi connectivity index (χ0n) is 15.9. The predicted molar refractivity (Wildman–Crippen MR) is 102 cm³/mol. The molecule has 1 saturated heterocycles. The molecule has 0 bridgehead atoms. The Kier molecular flexibility index (Phi) is 7.44. The van der Waals surface area contributed by atoms with Crippen molar-refractivity contribution in [3.8, 4) is 0 Å². The summed E-state index contributed by atoms with van der Waals surface area (Å²) < 4.78 is 17.9. The molecule has 3 N–H and O–H groups in total. The molecule has 1 heterocycles. The average Bonchev–Trinajstić information content (AvgIpc) is 3.06. The summed E-state index contributed by atoms with van der Waals surface area (Å²) in [6.07, 6.45) is -0.0230. The summed E-state index contributed by atoms with van der Waals surface area (Å²) in [7, 11) is 0. The van der Waals surface area contributed by atoms with Crippen molar-refractivity contribution >= 4 is 23.6 Å². The maximum absolute atomic E-state index is 12.7. The number of alkyl halides is 1. The summed E-state index contributed by atoms with van der Waals surface area (Å²) in [6.45, 7) is 5.98. The molecule has 27 heavy (non-hydrogen) atoms. The summed E-state index contributed by atoms with van der Waals surface area (Å²) in [5.41, 5.74) is 1.05. The average molecular weight is 400 g/mol. The van der Waals surface area contributed by atoms with Crippen LogP contribution in [0.2, 0.25) is 5.02 Å². The van der Waals surface area contributed by atoms with Gasteiger partial charge in [0.1, 0.15) is 5.60 Å². The first-order valence-electron chi connectivity index (χ1n) is 8.99. The molecule has 2 amide bonds. The van der Waals surface area contributed by atoms with E-state index in [0.717, 1.165) is 11.1 Å². The number of halogens is 2. The third kappa shape index (κ3) is 6.99. The van der Waals surface area contributed by atoms with Crippen molar-refractivity contribution in [1.29, 1.82) is 0 Å². The van der Waals surface area contributed by atoms with E-state index in [2.05, 4.69) is 16.0 Å². The summed E-state index contributed by atoms with van der Waals surface area (Å²) in [4.78, 5) is 24.1. The van der Waals surface area contributed by atoms with E-state index in [1.165, 1.54) is 0 Å². The largest absolute Gasteiger partial charge is 0.444 e. The van der Waals surface area contributed by atoms with Gasteiger partial charge in [-0.1, -0.05) is 17.7 Å². The summed E-state index contributed by atoms with van der Waals surface area (Å²) >= 11 is 6.07. The number of rotatable bonds is 6. The molecule has 2 atom stereocenters. The number of benzene rings is 1. The first-order chi connectivity index (χ1) is 12.7. The van der Waals surface area contributed by atoms with Crippen molar-refractivity contribution in [2.75, 3.05) is 13.2 Å². The molecule has 0 aliphatic carbocycles.